The summed E-state index contributed by atoms with van der Waals surface area (Å²) in [4.78, 5) is 26.4. The first-order valence-electron chi connectivity index (χ1n) is 11.7. The molecular formula is C25H29ClN4O4S2. The van der Waals surface area contributed by atoms with Crippen LogP contribution in [0, 0.1) is 12.8 Å². The van der Waals surface area contributed by atoms with Gasteiger partial charge in [-0.25, -0.2) is 4.79 Å². The number of hydrogen-bond acceptors (Lipinski definition) is 8. The number of halogens is 1. The summed E-state index contributed by atoms with van der Waals surface area (Å²) in [6, 6.07) is 5.49. The number of hydrogen-bond donors (Lipinski definition) is 1. The Balaban J connectivity index is 1.41. The largest absolute Gasteiger partial charge is 0.483 e. The van der Waals surface area contributed by atoms with E-state index in [1.807, 2.05) is 37.6 Å². The molecule has 2 aromatic heterocycles. The predicted octanol–water partition coefficient (Wildman–Crippen LogP) is 5.62. The molecule has 2 heterocycles. The maximum absolute atomic E-state index is 12.8. The molecule has 1 aliphatic carbocycles. The highest BCUT2D eigenvalue weighted by atomic mass is 35.5. The molecule has 192 valence electrons. The Morgan fingerprint density at radius 1 is 1.36 bits per heavy atom. The van der Waals surface area contributed by atoms with Gasteiger partial charge < -0.3 is 19.4 Å². The fraction of sp³-hybridized carbons (Fsp3) is 0.440. The van der Waals surface area contributed by atoms with Crippen LogP contribution in [0.1, 0.15) is 58.6 Å². The van der Waals surface area contributed by atoms with Gasteiger partial charge in [0.25, 0.3) is 0 Å². The Kier molecular flexibility index (Phi) is 8.27. The zero-order chi connectivity index (χ0) is 26.0. The molecule has 1 aromatic carbocycles. The van der Waals surface area contributed by atoms with Gasteiger partial charge in [0, 0.05) is 16.9 Å². The SMILES string of the molecule is COC(=O)c1c(NC(=O)CSc2nnc(C(C)Oc3ccc(Cl)c(C)c3)n2C)sc2c1CCC(C)C2. The summed E-state index contributed by atoms with van der Waals surface area (Å²) in [6.07, 6.45) is 2.39. The number of nitrogens with zero attached hydrogens (tertiary/aromatic N) is 3. The van der Waals surface area contributed by atoms with E-state index in [1.165, 1.54) is 30.2 Å². The summed E-state index contributed by atoms with van der Waals surface area (Å²) in [7, 11) is 3.20. The number of carbonyl (C=O) groups is 2. The standard InChI is InChI=1S/C25H29ClN4O4S2/c1-13-6-8-17-19(10-13)36-23(21(17)24(32)33-5)27-20(31)12-35-25-29-28-22(30(25)4)15(3)34-16-7-9-18(26)14(2)11-16/h7,9,11,13,15H,6,8,10,12H2,1-5H3,(H,27,31). The first-order valence-corrected chi connectivity index (χ1v) is 13.8. The van der Waals surface area contributed by atoms with Gasteiger partial charge in [0.05, 0.1) is 18.4 Å². The summed E-state index contributed by atoms with van der Waals surface area (Å²) in [5.74, 6) is 1.38. The van der Waals surface area contributed by atoms with Crippen LogP contribution in [0.25, 0.3) is 0 Å². The van der Waals surface area contributed by atoms with E-state index >= 15 is 0 Å². The van der Waals surface area contributed by atoms with E-state index < -0.39 is 5.97 Å². The first-order chi connectivity index (χ1) is 17.2. The van der Waals surface area contributed by atoms with Crippen LogP contribution in [-0.4, -0.2) is 39.5 Å². The zero-order valence-corrected chi connectivity index (χ0v) is 23.3. The highest BCUT2D eigenvalue weighted by Crippen LogP contribution is 2.40. The van der Waals surface area contributed by atoms with Crippen molar-refractivity contribution in [3.05, 3.63) is 50.6 Å². The van der Waals surface area contributed by atoms with Gasteiger partial charge in [-0.15, -0.1) is 21.5 Å². The van der Waals surface area contributed by atoms with Crippen molar-refractivity contribution < 1.29 is 19.1 Å². The third-order valence-corrected chi connectivity index (χ3v) is 8.78. The van der Waals surface area contributed by atoms with Crippen LogP contribution in [0.15, 0.2) is 23.4 Å². The summed E-state index contributed by atoms with van der Waals surface area (Å²) in [5, 5.41) is 13.3. The lowest BCUT2D eigenvalue weighted by Gasteiger charge is -2.18. The normalized spacial score (nSPS) is 15.8. The smallest absolute Gasteiger partial charge is 0.341 e. The van der Waals surface area contributed by atoms with Gasteiger partial charge in [0.1, 0.15) is 10.8 Å². The average molecular weight is 549 g/mol. The third kappa shape index (κ3) is 5.71. The lowest BCUT2D eigenvalue weighted by Crippen LogP contribution is -2.17. The monoisotopic (exact) mass is 548 g/mol. The molecule has 36 heavy (non-hydrogen) atoms. The van der Waals surface area contributed by atoms with Crippen LogP contribution < -0.4 is 10.1 Å². The molecule has 3 aromatic rings. The van der Waals surface area contributed by atoms with Crippen molar-refractivity contribution in [1.29, 1.82) is 0 Å². The Morgan fingerprint density at radius 3 is 2.86 bits per heavy atom. The van der Waals surface area contributed by atoms with Crippen molar-refractivity contribution in [2.24, 2.45) is 13.0 Å². The van der Waals surface area contributed by atoms with Crippen molar-refractivity contribution in [3.63, 3.8) is 0 Å². The third-order valence-electron chi connectivity index (χ3n) is 6.16. The molecule has 1 N–H and O–H groups in total. The molecule has 4 rings (SSSR count). The number of thiophene rings is 1. The molecule has 0 bridgehead atoms. The second kappa shape index (κ2) is 11.2. The number of aryl methyl sites for hydroxylation is 1. The summed E-state index contributed by atoms with van der Waals surface area (Å²) in [5.41, 5.74) is 2.43. The molecule has 8 nitrogen and oxygen atoms in total. The zero-order valence-electron chi connectivity index (χ0n) is 20.9. The maximum Gasteiger partial charge on any atom is 0.341 e. The van der Waals surface area contributed by atoms with Crippen LogP contribution >= 0.6 is 34.7 Å². The van der Waals surface area contributed by atoms with Gasteiger partial charge in [-0.05, 0) is 68.4 Å². The van der Waals surface area contributed by atoms with Crippen molar-refractivity contribution in [3.8, 4) is 5.75 Å². The van der Waals surface area contributed by atoms with Crippen LogP contribution in [0.5, 0.6) is 5.75 Å². The Morgan fingerprint density at radius 2 is 2.14 bits per heavy atom. The number of carbonyl (C=O) groups excluding carboxylic acids is 2. The number of benzene rings is 1. The highest BCUT2D eigenvalue weighted by Gasteiger charge is 2.29. The molecule has 2 atom stereocenters. The van der Waals surface area contributed by atoms with Crippen LogP contribution in [0.3, 0.4) is 0 Å². The molecule has 0 saturated heterocycles. The Labute approximate surface area is 223 Å². The Bertz CT molecular complexity index is 1290. The predicted molar refractivity (Wildman–Crippen MR) is 142 cm³/mol. The Hall–Kier alpha value is -2.56. The molecule has 1 aliphatic rings. The number of fused-ring (bicyclic) bond motifs is 1. The number of thioether (sulfide) groups is 1. The lowest BCUT2D eigenvalue weighted by molar-refractivity contribution is -0.113. The molecular weight excluding hydrogens is 520 g/mol. The second-order valence-corrected chi connectivity index (χ2v) is 11.4. The molecule has 11 heteroatoms. The summed E-state index contributed by atoms with van der Waals surface area (Å²) >= 11 is 8.84. The van der Waals surface area contributed by atoms with E-state index in [0.29, 0.717) is 38.2 Å². The summed E-state index contributed by atoms with van der Waals surface area (Å²) < 4.78 is 12.8. The minimum atomic E-state index is -0.409. The fourth-order valence-electron chi connectivity index (χ4n) is 4.20. The molecule has 0 aliphatic heterocycles. The van der Waals surface area contributed by atoms with Crippen LogP contribution in [-0.2, 0) is 29.4 Å². The van der Waals surface area contributed by atoms with Crippen molar-refractivity contribution in [1.82, 2.24) is 14.8 Å². The van der Waals surface area contributed by atoms with Gasteiger partial charge in [0.15, 0.2) is 17.1 Å². The molecule has 0 spiro atoms. The topological polar surface area (TPSA) is 95.3 Å². The fourth-order valence-corrected chi connectivity index (χ4v) is 6.45. The van der Waals surface area contributed by atoms with E-state index in [0.717, 1.165) is 35.3 Å². The van der Waals surface area contributed by atoms with E-state index in [2.05, 4.69) is 22.4 Å². The van der Waals surface area contributed by atoms with E-state index in [4.69, 9.17) is 21.1 Å². The molecule has 0 fully saturated rings. The second-order valence-electron chi connectivity index (χ2n) is 8.96. The van der Waals surface area contributed by atoms with E-state index in [-0.39, 0.29) is 17.8 Å². The molecule has 0 radical (unpaired) electrons. The van der Waals surface area contributed by atoms with Gasteiger partial charge in [0.2, 0.25) is 5.91 Å². The van der Waals surface area contributed by atoms with Gasteiger partial charge in [-0.2, -0.15) is 0 Å². The first kappa shape index (κ1) is 26.5. The van der Waals surface area contributed by atoms with E-state index in [9.17, 15) is 9.59 Å². The quantitative estimate of drug-likeness (QED) is 0.288. The number of aromatic nitrogens is 3. The van der Waals surface area contributed by atoms with Crippen molar-refractivity contribution >= 4 is 51.6 Å². The minimum Gasteiger partial charge on any atom is -0.483 e. The lowest BCUT2D eigenvalue weighted by atomic mass is 9.88. The van der Waals surface area contributed by atoms with Crippen LogP contribution in [0.4, 0.5) is 5.00 Å². The minimum absolute atomic E-state index is 0.122. The number of nitrogens with one attached hydrogen (secondary N) is 1. The number of rotatable bonds is 8. The maximum atomic E-state index is 12.8. The number of ether oxygens (including phenoxy) is 2. The molecule has 1 amide bonds. The number of anilines is 1. The number of methoxy groups -OCH3 is 1. The van der Waals surface area contributed by atoms with Gasteiger partial charge in [-0.1, -0.05) is 30.3 Å². The average Bonchev–Trinajstić information content (AvgIpc) is 3.38. The van der Waals surface area contributed by atoms with E-state index in [1.54, 1.807) is 6.07 Å². The highest BCUT2D eigenvalue weighted by molar-refractivity contribution is 7.99. The number of amides is 1. The van der Waals surface area contributed by atoms with Crippen molar-refractivity contribution in [2.75, 3.05) is 18.2 Å². The van der Waals surface area contributed by atoms with Gasteiger partial charge >= 0.3 is 5.97 Å². The van der Waals surface area contributed by atoms with Crippen LogP contribution in [0.2, 0.25) is 5.02 Å². The van der Waals surface area contributed by atoms with Crippen molar-refractivity contribution in [2.45, 2.75) is 51.3 Å². The number of esters is 1. The molecule has 0 saturated carbocycles. The van der Waals surface area contributed by atoms with Gasteiger partial charge in [-0.3, -0.25) is 4.79 Å². The molecule has 2 unspecified atom stereocenters. The summed E-state index contributed by atoms with van der Waals surface area (Å²) in [6.45, 7) is 6.01.